The van der Waals surface area contributed by atoms with Crippen molar-refractivity contribution in [2.75, 3.05) is 0 Å². The van der Waals surface area contributed by atoms with Crippen LogP contribution < -0.4 is 0 Å². The zero-order valence-corrected chi connectivity index (χ0v) is 9.88. The van der Waals surface area contributed by atoms with E-state index >= 15 is 0 Å². The predicted molar refractivity (Wildman–Crippen MR) is 58.9 cm³/mol. The predicted octanol–water partition coefficient (Wildman–Crippen LogP) is 2.02. The van der Waals surface area contributed by atoms with Gasteiger partial charge in [0.05, 0.1) is 16.6 Å². The van der Waals surface area contributed by atoms with Crippen LogP contribution >= 0.6 is 0 Å². The maximum Gasteiger partial charge on any atom is 0.156 e. The Morgan fingerprint density at radius 1 is 1.44 bits per heavy atom. The van der Waals surface area contributed by atoms with Crippen molar-refractivity contribution >= 4 is 9.84 Å². The van der Waals surface area contributed by atoms with Gasteiger partial charge < -0.3 is 0 Å². The Labute approximate surface area is 94.4 Å². The van der Waals surface area contributed by atoms with Gasteiger partial charge in [0.25, 0.3) is 0 Å². The van der Waals surface area contributed by atoms with Crippen LogP contribution in [0.25, 0.3) is 0 Å². The van der Waals surface area contributed by atoms with Crippen molar-refractivity contribution in [3.8, 4) is 6.07 Å². The van der Waals surface area contributed by atoms with E-state index in [1.807, 2.05) is 0 Å². The van der Waals surface area contributed by atoms with E-state index in [9.17, 15) is 12.8 Å². The number of rotatable bonds is 3. The summed E-state index contributed by atoms with van der Waals surface area (Å²) in [7, 11) is -3.35. The second-order valence-electron chi connectivity index (χ2n) is 3.75. The number of benzene rings is 1. The second-order valence-corrected chi connectivity index (χ2v) is 6.30. The quantitative estimate of drug-likeness (QED) is 0.813. The van der Waals surface area contributed by atoms with Crippen molar-refractivity contribution in [3.05, 3.63) is 35.1 Å². The molecular formula is C11H12FNO2S. The first kappa shape index (κ1) is 12.7. The Morgan fingerprint density at radius 2 is 2.06 bits per heavy atom. The molecule has 0 radical (unpaired) electrons. The largest absolute Gasteiger partial charge is 0.228 e. The standard InChI is InChI=1S/C11H12FNO2S/c1-8(2)16(14,15)7-10-5-3-4-9(6-13)11(10)12/h3-5,8H,7H2,1-2H3. The molecule has 0 amide bonds. The first-order chi connectivity index (χ1) is 7.38. The fraction of sp³-hybridized carbons (Fsp3) is 0.364. The van der Waals surface area contributed by atoms with E-state index in [4.69, 9.17) is 5.26 Å². The monoisotopic (exact) mass is 241 g/mol. The summed E-state index contributed by atoms with van der Waals surface area (Å²) in [5.74, 6) is -1.11. The van der Waals surface area contributed by atoms with Gasteiger partial charge in [-0.15, -0.1) is 0 Å². The zero-order chi connectivity index (χ0) is 12.3. The van der Waals surface area contributed by atoms with Crippen molar-refractivity contribution in [2.24, 2.45) is 0 Å². The highest BCUT2D eigenvalue weighted by atomic mass is 32.2. The maximum atomic E-state index is 13.6. The Kier molecular flexibility index (Phi) is 3.66. The highest BCUT2D eigenvalue weighted by Crippen LogP contribution is 2.17. The molecule has 0 atom stereocenters. The summed E-state index contributed by atoms with van der Waals surface area (Å²) in [4.78, 5) is 0. The van der Waals surface area contributed by atoms with Crippen molar-refractivity contribution in [2.45, 2.75) is 24.9 Å². The summed E-state index contributed by atoms with van der Waals surface area (Å²) in [6.45, 7) is 3.09. The Morgan fingerprint density at radius 3 is 2.56 bits per heavy atom. The maximum absolute atomic E-state index is 13.6. The molecule has 0 saturated carbocycles. The highest BCUT2D eigenvalue weighted by molar-refractivity contribution is 7.91. The van der Waals surface area contributed by atoms with Crippen molar-refractivity contribution in [3.63, 3.8) is 0 Å². The van der Waals surface area contributed by atoms with Gasteiger partial charge in [-0.25, -0.2) is 12.8 Å². The third kappa shape index (κ3) is 2.58. The van der Waals surface area contributed by atoms with Crippen molar-refractivity contribution in [1.29, 1.82) is 5.26 Å². The van der Waals surface area contributed by atoms with Crippen LogP contribution in [0.4, 0.5) is 4.39 Å². The zero-order valence-electron chi connectivity index (χ0n) is 9.07. The first-order valence-electron chi connectivity index (χ1n) is 4.77. The molecule has 0 saturated heterocycles. The van der Waals surface area contributed by atoms with Crippen LogP contribution in [0.2, 0.25) is 0 Å². The average molecular weight is 241 g/mol. The smallest absolute Gasteiger partial charge is 0.156 e. The molecule has 0 aliphatic heterocycles. The van der Waals surface area contributed by atoms with E-state index in [0.717, 1.165) is 0 Å². The molecule has 0 heterocycles. The second kappa shape index (κ2) is 4.62. The lowest BCUT2D eigenvalue weighted by Crippen LogP contribution is -2.17. The molecular weight excluding hydrogens is 229 g/mol. The molecule has 0 fully saturated rings. The van der Waals surface area contributed by atoms with E-state index in [1.165, 1.54) is 18.2 Å². The van der Waals surface area contributed by atoms with Gasteiger partial charge in [-0.1, -0.05) is 12.1 Å². The Hall–Kier alpha value is -1.41. The van der Waals surface area contributed by atoms with E-state index in [2.05, 4.69) is 0 Å². The van der Waals surface area contributed by atoms with Crippen LogP contribution in [-0.2, 0) is 15.6 Å². The van der Waals surface area contributed by atoms with Gasteiger partial charge in [0, 0.05) is 5.56 Å². The number of sulfone groups is 1. The Bertz CT molecular complexity index is 529. The molecule has 0 aliphatic carbocycles. The van der Waals surface area contributed by atoms with E-state index in [0.29, 0.717) is 0 Å². The number of nitrogens with zero attached hydrogens (tertiary/aromatic N) is 1. The van der Waals surface area contributed by atoms with Crippen LogP contribution in [0.3, 0.4) is 0 Å². The number of hydrogen-bond acceptors (Lipinski definition) is 3. The highest BCUT2D eigenvalue weighted by Gasteiger charge is 2.19. The minimum absolute atomic E-state index is 0.0488. The fourth-order valence-electron chi connectivity index (χ4n) is 1.16. The minimum Gasteiger partial charge on any atom is -0.228 e. The molecule has 16 heavy (non-hydrogen) atoms. The van der Waals surface area contributed by atoms with E-state index < -0.39 is 20.9 Å². The molecule has 5 heteroatoms. The summed E-state index contributed by atoms with van der Waals surface area (Å²) in [6, 6.07) is 5.87. The molecule has 1 aromatic carbocycles. The summed E-state index contributed by atoms with van der Waals surface area (Å²) in [5, 5.41) is 8.05. The van der Waals surface area contributed by atoms with Gasteiger partial charge in [-0.3, -0.25) is 0 Å². The lowest BCUT2D eigenvalue weighted by molar-refractivity contribution is 0.579. The number of hydrogen-bond donors (Lipinski definition) is 0. The lowest BCUT2D eigenvalue weighted by atomic mass is 10.1. The summed E-state index contributed by atoms with van der Waals surface area (Å²) in [5.41, 5.74) is -0.0794. The van der Waals surface area contributed by atoms with Gasteiger partial charge in [0.2, 0.25) is 0 Å². The van der Waals surface area contributed by atoms with Crippen molar-refractivity contribution < 1.29 is 12.8 Å². The average Bonchev–Trinajstić information content (AvgIpc) is 2.20. The molecule has 3 nitrogen and oxygen atoms in total. The van der Waals surface area contributed by atoms with Gasteiger partial charge in [0.1, 0.15) is 11.9 Å². The van der Waals surface area contributed by atoms with Gasteiger partial charge in [-0.2, -0.15) is 5.26 Å². The summed E-state index contributed by atoms with van der Waals surface area (Å²) < 4.78 is 36.8. The van der Waals surface area contributed by atoms with Crippen LogP contribution in [0.1, 0.15) is 25.0 Å². The number of halogens is 1. The lowest BCUT2D eigenvalue weighted by Gasteiger charge is -2.08. The van der Waals surface area contributed by atoms with Gasteiger partial charge in [0.15, 0.2) is 9.84 Å². The summed E-state index contributed by atoms with van der Waals surface area (Å²) >= 11 is 0. The molecule has 0 aromatic heterocycles. The molecule has 0 N–H and O–H groups in total. The van der Waals surface area contributed by atoms with Gasteiger partial charge >= 0.3 is 0 Å². The molecule has 0 bridgehead atoms. The summed E-state index contributed by atoms with van der Waals surface area (Å²) in [6.07, 6.45) is 0. The van der Waals surface area contributed by atoms with E-state index in [1.54, 1.807) is 19.9 Å². The van der Waals surface area contributed by atoms with Crippen molar-refractivity contribution in [1.82, 2.24) is 0 Å². The first-order valence-corrected chi connectivity index (χ1v) is 6.49. The molecule has 0 spiro atoms. The minimum atomic E-state index is -3.35. The number of nitriles is 1. The van der Waals surface area contributed by atoms with Crippen LogP contribution in [-0.4, -0.2) is 13.7 Å². The van der Waals surface area contributed by atoms with Crippen LogP contribution in [0, 0.1) is 17.1 Å². The fourth-order valence-corrected chi connectivity index (χ4v) is 2.15. The normalized spacial score (nSPS) is 11.4. The van der Waals surface area contributed by atoms with Crippen LogP contribution in [0.5, 0.6) is 0 Å². The third-order valence-corrected chi connectivity index (χ3v) is 4.42. The molecule has 1 aromatic rings. The Balaban J connectivity index is 3.14. The third-order valence-electron chi connectivity index (χ3n) is 2.27. The van der Waals surface area contributed by atoms with E-state index in [-0.39, 0.29) is 16.9 Å². The van der Waals surface area contributed by atoms with Crippen LogP contribution in [0.15, 0.2) is 18.2 Å². The molecule has 0 aliphatic rings. The molecule has 1 rings (SSSR count). The SMILES string of the molecule is CC(C)S(=O)(=O)Cc1cccc(C#N)c1F. The topological polar surface area (TPSA) is 57.9 Å². The van der Waals surface area contributed by atoms with Gasteiger partial charge in [-0.05, 0) is 19.9 Å². The molecule has 86 valence electrons. The molecule has 0 unspecified atom stereocenters.